The molecule has 2 N–H and O–H groups in total. The Morgan fingerprint density at radius 2 is 1.75 bits per heavy atom. The number of nitrogens with one attached hydrogen (secondary N) is 2. The van der Waals surface area contributed by atoms with E-state index in [1.54, 1.807) is 12.4 Å². The van der Waals surface area contributed by atoms with E-state index in [1.165, 1.54) is 0 Å². The smallest absolute Gasteiger partial charge is 0.318 e. The van der Waals surface area contributed by atoms with Gasteiger partial charge in [0.25, 0.3) is 0 Å². The van der Waals surface area contributed by atoms with Crippen LogP contribution in [0.5, 0.6) is 0 Å². The first kappa shape index (κ1) is 26.0. The first-order valence-corrected chi connectivity index (χ1v) is 14.3. The van der Waals surface area contributed by atoms with Crippen LogP contribution in [0.2, 0.25) is 0 Å². The molecule has 1 unspecified atom stereocenters. The number of benzene rings is 2. The van der Waals surface area contributed by atoms with Gasteiger partial charge in [0.15, 0.2) is 5.65 Å². The van der Waals surface area contributed by atoms with Crippen LogP contribution in [0.4, 0.5) is 10.6 Å². The number of urea groups is 1. The van der Waals surface area contributed by atoms with E-state index in [0.717, 1.165) is 51.2 Å². The van der Waals surface area contributed by atoms with Crippen molar-refractivity contribution >= 4 is 33.4 Å². The van der Waals surface area contributed by atoms with Gasteiger partial charge < -0.3 is 15.5 Å². The van der Waals surface area contributed by atoms with Crippen molar-refractivity contribution in [3.05, 3.63) is 124 Å². The number of fused-ring (bicyclic) bond motifs is 1. The van der Waals surface area contributed by atoms with Crippen LogP contribution in [0, 0.1) is 0 Å². The fourth-order valence-corrected chi connectivity index (χ4v) is 5.60. The minimum atomic E-state index is -0.226. The second-order valence-corrected chi connectivity index (χ2v) is 10.9. The van der Waals surface area contributed by atoms with Crippen LogP contribution in [-0.2, 0) is 6.54 Å². The summed E-state index contributed by atoms with van der Waals surface area (Å²) in [6, 6.07) is 26.0. The second-order valence-electron chi connectivity index (χ2n) is 10.00. The molecule has 3 aromatic heterocycles. The number of halogens is 1. The molecule has 0 saturated carbocycles. The average molecular weight is 597 g/mol. The van der Waals surface area contributed by atoms with Crippen molar-refractivity contribution in [1.82, 2.24) is 29.8 Å². The van der Waals surface area contributed by atoms with Crippen molar-refractivity contribution in [2.75, 3.05) is 18.4 Å². The first-order chi connectivity index (χ1) is 19.7. The van der Waals surface area contributed by atoms with E-state index >= 15 is 0 Å². The number of hydrogen-bond donors (Lipinski definition) is 2. The van der Waals surface area contributed by atoms with E-state index in [1.807, 2.05) is 64.1 Å². The molecule has 5 aromatic rings. The molecule has 2 amide bonds. The summed E-state index contributed by atoms with van der Waals surface area (Å²) in [7, 11) is 0. The van der Waals surface area contributed by atoms with Crippen LogP contribution >= 0.6 is 15.9 Å². The molecule has 9 heteroatoms. The molecule has 6 rings (SSSR count). The first-order valence-electron chi connectivity index (χ1n) is 13.5. The molecule has 0 bridgehead atoms. The summed E-state index contributed by atoms with van der Waals surface area (Å²) in [6.45, 7) is 1.92. The standard InChI is InChI=1S/C31H30BrN7O/c32-26-20-35-39-28(34-19-22-9-7-15-33-18-22)17-27(36-30(26)39)25-14-8-16-38(21-25)31(40)37-29(23-10-3-1-4-11-23)24-12-5-2-6-13-24/h1-7,9-13,15,17-18,20,25,29,34H,8,14,16,19,21H2,(H,37,40). The fourth-order valence-electron chi connectivity index (χ4n) is 5.25. The molecule has 1 saturated heterocycles. The van der Waals surface area contributed by atoms with E-state index in [-0.39, 0.29) is 18.0 Å². The maximum Gasteiger partial charge on any atom is 0.318 e. The highest BCUT2D eigenvalue weighted by Gasteiger charge is 2.28. The number of amides is 2. The van der Waals surface area contributed by atoms with Gasteiger partial charge in [-0.05, 0) is 51.5 Å². The summed E-state index contributed by atoms with van der Waals surface area (Å²) < 4.78 is 2.64. The summed E-state index contributed by atoms with van der Waals surface area (Å²) in [5, 5.41) is 11.3. The van der Waals surface area contributed by atoms with Crippen molar-refractivity contribution in [2.24, 2.45) is 0 Å². The number of rotatable bonds is 7. The lowest BCUT2D eigenvalue weighted by Gasteiger charge is -2.34. The van der Waals surface area contributed by atoms with Gasteiger partial charge in [0.2, 0.25) is 0 Å². The zero-order valence-corrected chi connectivity index (χ0v) is 23.5. The van der Waals surface area contributed by atoms with Crippen LogP contribution in [-0.4, -0.2) is 43.6 Å². The third-order valence-corrected chi connectivity index (χ3v) is 7.86. The van der Waals surface area contributed by atoms with Gasteiger partial charge in [-0.1, -0.05) is 66.7 Å². The van der Waals surface area contributed by atoms with Crippen molar-refractivity contribution < 1.29 is 4.79 Å². The molecule has 1 atom stereocenters. The Kier molecular flexibility index (Phi) is 7.72. The summed E-state index contributed by atoms with van der Waals surface area (Å²) in [4.78, 5) is 24.7. The summed E-state index contributed by atoms with van der Waals surface area (Å²) >= 11 is 3.60. The number of likely N-dealkylation sites (tertiary alicyclic amines) is 1. The highest BCUT2D eigenvalue weighted by Crippen LogP contribution is 2.30. The summed E-state index contributed by atoms with van der Waals surface area (Å²) in [6.07, 6.45) is 7.24. The van der Waals surface area contributed by atoms with Crippen molar-refractivity contribution in [3.8, 4) is 0 Å². The van der Waals surface area contributed by atoms with Crippen LogP contribution in [0.25, 0.3) is 5.65 Å². The van der Waals surface area contributed by atoms with Gasteiger partial charge in [-0.15, -0.1) is 0 Å². The molecule has 4 heterocycles. The van der Waals surface area contributed by atoms with Crippen LogP contribution in [0.1, 0.15) is 47.2 Å². The lowest BCUT2D eigenvalue weighted by molar-refractivity contribution is 0.177. The average Bonchev–Trinajstić information content (AvgIpc) is 3.40. The van der Waals surface area contributed by atoms with E-state index in [4.69, 9.17) is 4.98 Å². The number of nitrogens with zero attached hydrogens (tertiary/aromatic N) is 5. The van der Waals surface area contributed by atoms with Gasteiger partial charge in [-0.3, -0.25) is 4.98 Å². The molecule has 1 aliphatic heterocycles. The predicted octanol–water partition coefficient (Wildman–Crippen LogP) is 6.18. The number of carbonyl (C=O) groups is 1. The maximum absolute atomic E-state index is 13.6. The Bertz CT molecular complexity index is 1540. The van der Waals surface area contributed by atoms with Gasteiger partial charge in [0, 0.05) is 44.0 Å². The van der Waals surface area contributed by atoms with Gasteiger partial charge in [0.1, 0.15) is 5.82 Å². The lowest BCUT2D eigenvalue weighted by Crippen LogP contribution is -2.46. The topological polar surface area (TPSA) is 87.5 Å². The van der Waals surface area contributed by atoms with Crippen molar-refractivity contribution in [2.45, 2.75) is 31.3 Å². The Morgan fingerprint density at radius 3 is 2.45 bits per heavy atom. The quantitative estimate of drug-likeness (QED) is 0.235. The normalized spacial score (nSPS) is 15.3. The minimum absolute atomic E-state index is 0.0658. The number of piperidine rings is 1. The highest BCUT2D eigenvalue weighted by atomic mass is 79.9. The zero-order valence-electron chi connectivity index (χ0n) is 22.0. The van der Waals surface area contributed by atoms with Gasteiger partial charge in [-0.2, -0.15) is 9.61 Å². The number of anilines is 1. The second kappa shape index (κ2) is 11.9. The SMILES string of the molecule is O=C(NC(c1ccccc1)c1ccccc1)N1CCCC(c2cc(NCc3cccnc3)n3ncc(Br)c3n2)C1. The fraction of sp³-hybridized carbons (Fsp3) is 0.226. The number of carbonyl (C=O) groups excluding carboxylic acids is 1. The summed E-state index contributed by atoms with van der Waals surface area (Å²) in [5.41, 5.74) is 4.88. The maximum atomic E-state index is 13.6. The predicted molar refractivity (Wildman–Crippen MR) is 159 cm³/mol. The van der Waals surface area contributed by atoms with Gasteiger partial charge in [-0.25, -0.2) is 9.78 Å². The third kappa shape index (κ3) is 5.70. The lowest BCUT2D eigenvalue weighted by atomic mass is 9.94. The van der Waals surface area contributed by atoms with E-state index in [0.29, 0.717) is 19.6 Å². The Balaban J connectivity index is 1.22. The number of pyridine rings is 1. The van der Waals surface area contributed by atoms with Crippen molar-refractivity contribution in [3.63, 3.8) is 0 Å². The molecule has 0 aliphatic carbocycles. The molecule has 1 aliphatic rings. The third-order valence-electron chi connectivity index (χ3n) is 7.31. The molecule has 0 radical (unpaired) electrons. The number of aromatic nitrogens is 4. The van der Waals surface area contributed by atoms with Crippen LogP contribution < -0.4 is 10.6 Å². The van der Waals surface area contributed by atoms with E-state index < -0.39 is 0 Å². The molecule has 202 valence electrons. The van der Waals surface area contributed by atoms with Gasteiger partial charge >= 0.3 is 6.03 Å². The van der Waals surface area contributed by atoms with Crippen molar-refractivity contribution in [1.29, 1.82) is 0 Å². The minimum Gasteiger partial charge on any atom is -0.366 e. The largest absolute Gasteiger partial charge is 0.366 e. The van der Waals surface area contributed by atoms with E-state index in [9.17, 15) is 4.79 Å². The molecular weight excluding hydrogens is 566 g/mol. The zero-order chi connectivity index (χ0) is 27.3. The molecule has 8 nitrogen and oxygen atoms in total. The molecule has 0 spiro atoms. The molecular formula is C31H30BrN7O. The van der Waals surface area contributed by atoms with Crippen LogP contribution in [0.15, 0.2) is 102 Å². The van der Waals surface area contributed by atoms with Gasteiger partial charge in [0.05, 0.1) is 22.4 Å². The molecule has 40 heavy (non-hydrogen) atoms. The molecule has 2 aromatic carbocycles. The Labute approximate surface area is 241 Å². The monoisotopic (exact) mass is 595 g/mol. The highest BCUT2D eigenvalue weighted by molar-refractivity contribution is 9.10. The number of hydrogen-bond acceptors (Lipinski definition) is 5. The Hall–Kier alpha value is -4.24. The summed E-state index contributed by atoms with van der Waals surface area (Å²) in [5.74, 6) is 0.960. The van der Waals surface area contributed by atoms with Crippen LogP contribution in [0.3, 0.4) is 0 Å². The molecule has 1 fully saturated rings. The van der Waals surface area contributed by atoms with E-state index in [2.05, 4.69) is 67.0 Å². The Morgan fingerprint density at radius 1 is 1.00 bits per heavy atom.